The van der Waals surface area contributed by atoms with Gasteiger partial charge >= 0.3 is 0 Å². The molecular formula is C22H23N5O. The molecule has 28 heavy (non-hydrogen) atoms. The molecule has 0 bridgehead atoms. The molecule has 0 spiro atoms. The fourth-order valence-corrected chi connectivity index (χ4v) is 3.71. The Morgan fingerprint density at radius 2 is 1.86 bits per heavy atom. The maximum absolute atomic E-state index is 13.4. The number of nitrogens with one attached hydrogen (secondary N) is 2. The van der Waals surface area contributed by atoms with Gasteiger partial charge < -0.3 is 10.6 Å². The van der Waals surface area contributed by atoms with Gasteiger partial charge in [0.2, 0.25) is 5.95 Å². The van der Waals surface area contributed by atoms with E-state index in [0.29, 0.717) is 11.5 Å². The van der Waals surface area contributed by atoms with Crippen molar-refractivity contribution in [1.29, 1.82) is 0 Å². The number of carbonyl (C=O) groups is 1. The molecule has 4 rings (SSSR count). The fraction of sp³-hybridized carbons (Fsp3) is 0.227. The number of fused-ring (bicyclic) bond motifs is 1. The van der Waals surface area contributed by atoms with E-state index in [2.05, 4.69) is 26.8 Å². The molecule has 142 valence electrons. The topological polar surface area (TPSA) is 71.8 Å². The maximum Gasteiger partial charge on any atom is 0.255 e. The van der Waals surface area contributed by atoms with Crippen LogP contribution in [0.1, 0.15) is 35.2 Å². The van der Waals surface area contributed by atoms with Gasteiger partial charge in [0.1, 0.15) is 12.4 Å². The van der Waals surface area contributed by atoms with Gasteiger partial charge in [0.05, 0.1) is 5.57 Å². The zero-order chi connectivity index (χ0) is 19.8. The van der Waals surface area contributed by atoms with Crippen LogP contribution in [0.4, 0.5) is 11.6 Å². The Labute approximate surface area is 164 Å². The fourth-order valence-electron chi connectivity index (χ4n) is 3.71. The highest BCUT2D eigenvalue weighted by Gasteiger charge is 2.34. The van der Waals surface area contributed by atoms with Gasteiger partial charge in [-0.15, -0.1) is 0 Å². The molecule has 1 aromatic heterocycles. The standard InChI is InChI=1S/C22H23N5O/c1-13-9-10-18(15(3)11-13)26-21(28)19-16(4)25-22-23-12-24-27(22)20(19)17-8-6-5-7-14(17)2/h5-12,20H,1-4H3,(H,26,28)(H,23,24,25)/t20-/m1/s1. The number of amides is 1. The SMILES string of the molecule is CC1=C(C(=O)Nc2ccc(C)cc2C)[C@@H](c2ccccc2C)n2ncnc2N1. The van der Waals surface area contributed by atoms with E-state index in [1.807, 2.05) is 64.1 Å². The lowest BCUT2D eigenvalue weighted by Gasteiger charge is -2.29. The number of aryl methyl sites for hydroxylation is 3. The Balaban J connectivity index is 1.79. The second-order valence-electron chi connectivity index (χ2n) is 7.22. The van der Waals surface area contributed by atoms with Crippen LogP contribution in [0.15, 0.2) is 60.1 Å². The average Bonchev–Trinajstić information content (AvgIpc) is 3.11. The van der Waals surface area contributed by atoms with Crippen LogP contribution in [0.5, 0.6) is 0 Å². The molecule has 1 aliphatic rings. The highest BCUT2D eigenvalue weighted by molar-refractivity contribution is 6.06. The van der Waals surface area contributed by atoms with Gasteiger partial charge in [0.25, 0.3) is 5.91 Å². The van der Waals surface area contributed by atoms with E-state index in [-0.39, 0.29) is 11.9 Å². The first-order valence-corrected chi connectivity index (χ1v) is 9.27. The summed E-state index contributed by atoms with van der Waals surface area (Å²) in [6.07, 6.45) is 1.51. The molecule has 0 saturated heterocycles. The predicted octanol–water partition coefficient (Wildman–Crippen LogP) is 4.13. The first kappa shape index (κ1) is 18.0. The largest absolute Gasteiger partial charge is 0.328 e. The summed E-state index contributed by atoms with van der Waals surface area (Å²) >= 11 is 0. The highest BCUT2D eigenvalue weighted by Crippen LogP contribution is 2.36. The van der Waals surface area contributed by atoms with Gasteiger partial charge in [0, 0.05) is 11.4 Å². The third-order valence-corrected chi connectivity index (χ3v) is 5.15. The van der Waals surface area contributed by atoms with Crippen LogP contribution in [0.2, 0.25) is 0 Å². The molecule has 0 saturated carbocycles. The molecular weight excluding hydrogens is 350 g/mol. The van der Waals surface area contributed by atoms with Gasteiger partial charge in [0.15, 0.2) is 0 Å². The molecule has 0 radical (unpaired) electrons. The van der Waals surface area contributed by atoms with E-state index in [4.69, 9.17) is 0 Å². The quantitative estimate of drug-likeness (QED) is 0.724. The summed E-state index contributed by atoms with van der Waals surface area (Å²) in [5.41, 5.74) is 6.54. The van der Waals surface area contributed by atoms with Crippen molar-refractivity contribution < 1.29 is 4.79 Å². The van der Waals surface area contributed by atoms with Gasteiger partial charge in [-0.1, -0.05) is 42.0 Å². The average molecular weight is 373 g/mol. The van der Waals surface area contributed by atoms with Crippen LogP contribution in [0.25, 0.3) is 0 Å². The third kappa shape index (κ3) is 3.07. The van der Waals surface area contributed by atoms with Gasteiger partial charge in [-0.3, -0.25) is 4.79 Å². The lowest BCUT2D eigenvalue weighted by Crippen LogP contribution is -2.32. The number of aromatic nitrogens is 3. The summed E-state index contributed by atoms with van der Waals surface area (Å²) in [5.74, 6) is 0.486. The molecule has 3 aromatic rings. The van der Waals surface area contributed by atoms with Crippen LogP contribution in [0.3, 0.4) is 0 Å². The minimum atomic E-state index is -0.342. The third-order valence-electron chi connectivity index (χ3n) is 5.15. The first-order chi connectivity index (χ1) is 13.5. The Bertz CT molecular complexity index is 1100. The molecule has 0 unspecified atom stereocenters. The minimum absolute atomic E-state index is 0.147. The van der Waals surface area contributed by atoms with E-state index < -0.39 is 0 Å². The summed E-state index contributed by atoms with van der Waals surface area (Å²) in [5, 5.41) is 10.7. The van der Waals surface area contributed by atoms with Crippen molar-refractivity contribution in [2.24, 2.45) is 0 Å². The number of allylic oxidation sites excluding steroid dienone is 1. The Morgan fingerprint density at radius 1 is 1.07 bits per heavy atom. The number of hydrogen-bond donors (Lipinski definition) is 2. The summed E-state index contributed by atoms with van der Waals surface area (Å²) in [4.78, 5) is 17.7. The molecule has 2 aromatic carbocycles. The minimum Gasteiger partial charge on any atom is -0.328 e. The van der Waals surface area contributed by atoms with Crippen molar-refractivity contribution in [1.82, 2.24) is 14.8 Å². The summed E-state index contributed by atoms with van der Waals surface area (Å²) in [6, 6.07) is 13.7. The van der Waals surface area contributed by atoms with Crippen LogP contribution >= 0.6 is 0 Å². The molecule has 2 N–H and O–H groups in total. The van der Waals surface area contributed by atoms with Crippen molar-refractivity contribution in [3.05, 3.63) is 82.3 Å². The predicted molar refractivity (Wildman–Crippen MR) is 110 cm³/mol. The lowest BCUT2D eigenvalue weighted by molar-refractivity contribution is -0.113. The summed E-state index contributed by atoms with van der Waals surface area (Å²) in [7, 11) is 0. The number of anilines is 2. The molecule has 1 atom stereocenters. The molecule has 0 aliphatic carbocycles. The summed E-state index contributed by atoms with van der Waals surface area (Å²) < 4.78 is 1.77. The molecule has 1 aliphatic heterocycles. The van der Waals surface area contributed by atoms with Crippen molar-refractivity contribution in [2.75, 3.05) is 10.6 Å². The van der Waals surface area contributed by atoms with E-state index in [1.165, 1.54) is 6.33 Å². The molecule has 0 fully saturated rings. The van der Waals surface area contributed by atoms with Crippen molar-refractivity contribution in [2.45, 2.75) is 33.7 Å². The zero-order valence-corrected chi connectivity index (χ0v) is 16.4. The molecule has 1 amide bonds. The second kappa shape index (κ2) is 6.96. The smallest absolute Gasteiger partial charge is 0.255 e. The number of rotatable bonds is 3. The van der Waals surface area contributed by atoms with E-state index >= 15 is 0 Å². The second-order valence-corrected chi connectivity index (χ2v) is 7.22. The number of benzene rings is 2. The first-order valence-electron chi connectivity index (χ1n) is 9.27. The number of nitrogens with zero attached hydrogens (tertiary/aromatic N) is 3. The number of carbonyl (C=O) groups excluding carboxylic acids is 1. The van der Waals surface area contributed by atoms with Gasteiger partial charge in [-0.25, -0.2) is 4.68 Å². The van der Waals surface area contributed by atoms with E-state index in [0.717, 1.165) is 33.6 Å². The van der Waals surface area contributed by atoms with Crippen molar-refractivity contribution in [3.8, 4) is 0 Å². The van der Waals surface area contributed by atoms with E-state index in [9.17, 15) is 4.79 Å². The Hall–Kier alpha value is -3.41. The molecule has 2 heterocycles. The highest BCUT2D eigenvalue weighted by atomic mass is 16.1. The maximum atomic E-state index is 13.4. The normalized spacial score (nSPS) is 15.8. The monoisotopic (exact) mass is 373 g/mol. The molecule has 6 nitrogen and oxygen atoms in total. The van der Waals surface area contributed by atoms with Crippen LogP contribution < -0.4 is 10.6 Å². The van der Waals surface area contributed by atoms with Gasteiger partial charge in [-0.05, 0) is 50.5 Å². The number of hydrogen-bond acceptors (Lipinski definition) is 4. The van der Waals surface area contributed by atoms with Crippen LogP contribution in [-0.4, -0.2) is 20.7 Å². The molecule has 6 heteroatoms. The Morgan fingerprint density at radius 3 is 2.61 bits per heavy atom. The van der Waals surface area contributed by atoms with Crippen LogP contribution in [-0.2, 0) is 4.79 Å². The van der Waals surface area contributed by atoms with Crippen molar-refractivity contribution >= 4 is 17.5 Å². The zero-order valence-electron chi connectivity index (χ0n) is 16.4. The van der Waals surface area contributed by atoms with Crippen LogP contribution in [0, 0.1) is 20.8 Å². The van der Waals surface area contributed by atoms with E-state index in [1.54, 1.807) is 4.68 Å². The van der Waals surface area contributed by atoms with Gasteiger partial charge in [-0.2, -0.15) is 10.1 Å². The Kier molecular flexibility index (Phi) is 4.47. The van der Waals surface area contributed by atoms with Crippen molar-refractivity contribution in [3.63, 3.8) is 0 Å². The summed E-state index contributed by atoms with van der Waals surface area (Å²) in [6.45, 7) is 7.98. The lowest BCUT2D eigenvalue weighted by atomic mass is 9.92.